The number of phenols is 1. The van der Waals surface area contributed by atoms with Crippen LogP contribution in [0, 0.1) is 10.8 Å². The van der Waals surface area contributed by atoms with Gasteiger partial charge in [0, 0.05) is 35.4 Å². The maximum absolute atomic E-state index is 10.6. The van der Waals surface area contributed by atoms with E-state index in [0.717, 1.165) is 25.8 Å². The smallest absolute Gasteiger partial charge is 0.115 e. The van der Waals surface area contributed by atoms with Gasteiger partial charge in [0.05, 0.1) is 6.04 Å². The molecule has 4 aliphatic carbocycles. The number of rotatable bonds is 2. The molecule has 2 N–H and O–H groups in total. The number of likely N-dealkylation sites (N-methyl/N-ethyl adjacent to an activating group) is 1. The molecule has 2 aromatic rings. The highest BCUT2D eigenvalue weighted by molar-refractivity contribution is 5.57. The van der Waals surface area contributed by atoms with E-state index in [4.69, 9.17) is 4.74 Å². The second-order valence-corrected chi connectivity index (χ2v) is 11.2. The zero-order valence-electron chi connectivity index (χ0n) is 19.1. The Kier molecular flexibility index (Phi) is 3.54. The molecule has 0 unspecified atom stereocenters. The molecule has 0 aromatic heterocycles. The number of likely N-dealkylation sites (tertiary alicyclic amines) is 1. The second-order valence-electron chi connectivity index (χ2n) is 11.2. The lowest BCUT2D eigenvalue weighted by atomic mass is 9.34. The van der Waals surface area contributed by atoms with Gasteiger partial charge in [0.25, 0.3) is 0 Å². The van der Waals surface area contributed by atoms with Crippen LogP contribution < -0.4 is 5.32 Å². The van der Waals surface area contributed by atoms with Gasteiger partial charge in [-0.15, -0.1) is 0 Å². The monoisotopic (exact) mass is 428 g/mol. The molecular weight excluding hydrogens is 396 g/mol. The number of ether oxygens (including phenoxy) is 1. The summed E-state index contributed by atoms with van der Waals surface area (Å²) in [5, 5.41) is 14.8. The highest BCUT2D eigenvalue weighted by Crippen LogP contribution is 2.77. The number of hydrogen-bond donors (Lipinski definition) is 2. The molecule has 1 spiro atoms. The minimum absolute atomic E-state index is 0.0248. The van der Waals surface area contributed by atoms with E-state index < -0.39 is 0 Å². The number of phenolic OH excluding ortho intramolecular Hbond substituents is 1. The van der Waals surface area contributed by atoms with Crippen molar-refractivity contribution in [2.24, 2.45) is 10.8 Å². The van der Waals surface area contributed by atoms with Gasteiger partial charge in [-0.3, -0.25) is 0 Å². The predicted molar refractivity (Wildman–Crippen MR) is 125 cm³/mol. The van der Waals surface area contributed by atoms with Crippen molar-refractivity contribution in [3.63, 3.8) is 0 Å². The maximum Gasteiger partial charge on any atom is 0.115 e. The van der Waals surface area contributed by atoms with Gasteiger partial charge in [-0.25, -0.2) is 0 Å². The Bertz CT molecular complexity index is 1150. The topological polar surface area (TPSA) is 44.7 Å². The van der Waals surface area contributed by atoms with Crippen LogP contribution in [0.1, 0.15) is 42.5 Å². The molecule has 2 heterocycles. The number of benzene rings is 2. The van der Waals surface area contributed by atoms with Crippen molar-refractivity contribution >= 4 is 0 Å². The first-order valence-corrected chi connectivity index (χ1v) is 12.0. The number of nitrogens with zero attached hydrogens (tertiary/aromatic N) is 1. The molecule has 6 bridgehead atoms. The number of aromatic hydroxyl groups is 1. The lowest BCUT2D eigenvalue weighted by molar-refractivity contribution is -0.192. The van der Waals surface area contributed by atoms with Crippen LogP contribution in [0.5, 0.6) is 5.75 Å². The Morgan fingerprint density at radius 3 is 2.72 bits per heavy atom. The Balaban J connectivity index is 1.55. The minimum atomic E-state index is -0.379. The number of fused-ring (bicyclic) bond motifs is 1. The molecule has 32 heavy (non-hydrogen) atoms. The molecule has 6 aliphatic rings. The number of nitrogens with one attached hydrogen (secondary N) is 1. The normalized spacial score (nSPS) is 45.5. The highest BCUT2D eigenvalue weighted by Gasteiger charge is 2.81. The van der Waals surface area contributed by atoms with Gasteiger partial charge in [0.1, 0.15) is 11.4 Å². The van der Waals surface area contributed by atoms with Gasteiger partial charge in [0.2, 0.25) is 0 Å². The van der Waals surface area contributed by atoms with E-state index >= 15 is 0 Å². The van der Waals surface area contributed by atoms with Crippen LogP contribution in [0.4, 0.5) is 0 Å². The fraction of sp³-hybridized carbons (Fsp3) is 0.500. The van der Waals surface area contributed by atoms with Crippen molar-refractivity contribution < 1.29 is 9.84 Å². The number of hydrogen-bond acceptors (Lipinski definition) is 4. The molecule has 2 aromatic carbocycles. The summed E-state index contributed by atoms with van der Waals surface area (Å²) in [6.07, 6.45) is 8.15. The first-order chi connectivity index (χ1) is 15.4. The van der Waals surface area contributed by atoms with Crippen LogP contribution in [-0.4, -0.2) is 48.4 Å². The maximum atomic E-state index is 10.6. The highest BCUT2D eigenvalue weighted by atomic mass is 16.5. The van der Waals surface area contributed by atoms with Crippen LogP contribution in [-0.2, 0) is 16.6 Å². The predicted octanol–water partition coefficient (Wildman–Crippen LogP) is 3.95. The van der Waals surface area contributed by atoms with E-state index in [9.17, 15) is 5.11 Å². The average Bonchev–Trinajstić information content (AvgIpc) is 3.02. The molecule has 7 atom stereocenters. The van der Waals surface area contributed by atoms with Gasteiger partial charge in [-0.05, 0) is 61.7 Å². The van der Waals surface area contributed by atoms with E-state index in [1.165, 1.54) is 16.7 Å². The first kappa shape index (κ1) is 19.3. The summed E-state index contributed by atoms with van der Waals surface area (Å²) in [5.74, 6) is 0.378. The van der Waals surface area contributed by atoms with Gasteiger partial charge in [0.15, 0.2) is 0 Å². The fourth-order valence-corrected chi connectivity index (χ4v) is 9.16. The molecule has 166 valence electrons. The number of piperidine rings is 1. The molecule has 2 saturated heterocycles. The molecular formula is C28H32N2O2. The lowest BCUT2D eigenvalue weighted by Crippen LogP contribution is -2.80. The summed E-state index contributed by atoms with van der Waals surface area (Å²) in [7, 11) is 4.21. The lowest BCUT2D eigenvalue weighted by Gasteiger charge is -2.73. The molecule has 0 amide bonds. The van der Waals surface area contributed by atoms with Crippen LogP contribution in [0.2, 0.25) is 0 Å². The third-order valence-electron chi connectivity index (χ3n) is 10.3. The molecule has 3 fully saturated rings. The van der Waals surface area contributed by atoms with Gasteiger partial charge in [-0.2, -0.15) is 0 Å². The third-order valence-corrected chi connectivity index (χ3v) is 10.3. The SMILES string of the molecule is CO[C@]12C=C[C@]34C[C@@]1(C)[C@@H](c1ccccc1)N[C@H]2[C@@]31CCN(C)[C@@H]4Cc2ccc(O)cc21. The molecule has 4 nitrogen and oxygen atoms in total. The van der Waals surface area contributed by atoms with Crippen molar-refractivity contribution in [1.29, 1.82) is 0 Å². The van der Waals surface area contributed by atoms with E-state index in [2.05, 4.69) is 78.8 Å². The zero-order valence-corrected chi connectivity index (χ0v) is 19.1. The van der Waals surface area contributed by atoms with Crippen LogP contribution in [0.3, 0.4) is 0 Å². The van der Waals surface area contributed by atoms with E-state index in [1.54, 1.807) is 0 Å². The van der Waals surface area contributed by atoms with E-state index in [1.807, 2.05) is 13.2 Å². The fourth-order valence-electron chi connectivity index (χ4n) is 9.16. The summed E-state index contributed by atoms with van der Waals surface area (Å²) in [4.78, 5) is 2.60. The summed E-state index contributed by atoms with van der Waals surface area (Å²) in [6.45, 7) is 3.52. The van der Waals surface area contributed by atoms with Crippen LogP contribution >= 0.6 is 0 Å². The quantitative estimate of drug-likeness (QED) is 0.711. The molecule has 0 radical (unpaired) electrons. The Morgan fingerprint density at radius 1 is 1.12 bits per heavy atom. The Hall–Kier alpha value is -2.14. The van der Waals surface area contributed by atoms with Crippen LogP contribution in [0.25, 0.3) is 0 Å². The largest absolute Gasteiger partial charge is 0.508 e. The van der Waals surface area contributed by atoms with Crippen molar-refractivity contribution in [3.05, 3.63) is 77.4 Å². The molecule has 2 aliphatic heterocycles. The third kappa shape index (κ3) is 1.83. The molecule has 4 heteroatoms. The van der Waals surface area contributed by atoms with Gasteiger partial charge in [-0.1, -0.05) is 55.5 Å². The summed E-state index contributed by atoms with van der Waals surface area (Å²) in [5.41, 5.74) is 3.58. The number of methoxy groups -OCH3 is 1. The molecule has 1 saturated carbocycles. The second kappa shape index (κ2) is 5.85. The van der Waals surface area contributed by atoms with Crippen molar-refractivity contribution in [1.82, 2.24) is 10.2 Å². The molecule has 8 rings (SSSR count). The summed E-state index contributed by atoms with van der Waals surface area (Å²) < 4.78 is 6.59. The summed E-state index contributed by atoms with van der Waals surface area (Å²) >= 11 is 0. The van der Waals surface area contributed by atoms with Crippen molar-refractivity contribution in [3.8, 4) is 5.75 Å². The standard InChI is InChI=1S/C28H32N2O2/c1-25-17-26-11-12-28(25,32-3)24(29-23(25)18-7-5-4-6-8-18)27(26)13-14-30(2)22(26)15-19-9-10-20(31)16-21(19)27/h4-12,16,22-24,29,31H,13-15,17H2,1-3H3/t22-,23-,24+,25+,26-,27+,28+/m1/s1. The first-order valence-electron chi connectivity index (χ1n) is 12.0. The Morgan fingerprint density at radius 2 is 1.94 bits per heavy atom. The zero-order chi connectivity index (χ0) is 21.9. The van der Waals surface area contributed by atoms with Crippen molar-refractivity contribution in [2.75, 3.05) is 20.7 Å². The van der Waals surface area contributed by atoms with E-state index in [-0.39, 0.29) is 33.9 Å². The van der Waals surface area contributed by atoms with Crippen LogP contribution in [0.15, 0.2) is 60.7 Å². The van der Waals surface area contributed by atoms with Crippen molar-refractivity contribution in [2.45, 2.75) is 55.3 Å². The average molecular weight is 429 g/mol. The van der Waals surface area contributed by atoms with E-state index in [0.29, 0.717) is 11.8 Å². The van der Waals surface area contributed by atoms with Gasteiger partial charge < -0.3 is 20.1 Å². The Labute approximate surface area is 190 Å². The summed E-state index contributed by atoms with van der Waals surface area (Å²) in [6, 6.07) is 17.9. The minimum Gasteiger partial charge on any atom is -0.508 e. The van der Waals surface area contributed by atoms with Gasteiger partial charge >= 0.3 is 0 Å².